The van der Waals surface area contributed by atoms with Crippen LogP contribution in [0.1, 0.15) is 60.8 Å². The Bertz CT molecular complexity index is 317. The highest BCUT2D eigenvalue weighted by molar-refractivity contribution is 6.74. The summed E-state index contributed by atoms with van der Waals surface area (Å²) in [7, 11) is -3.40. The Kier molecular flexibility index (Phi) is 5.64. The molecule has 0 saturated heterocycles. The molecule has 1 aliphatic carbocycles. The van der Waals surface area contributed by atoms with Gasteiger partial charge in [0.2, 0.25) is 0 Å². The highest BCUT2D eigenvalue weighted by Crippen LogP contribution is 2.43. The zero-order chi connectivity index (χ0) is 16.7. The minimum atomic E-state index is -1.70. The van der Waals surface area contributed by atoms with Gasteiger partial charge in [0.15, 0.2) is 16.6 Å². The van der Waals surface area contributed by atoms with Crippen molar-refractivity contribution in [3.8, 4) is 0 Å². The van der Waals surface area contributed by atoms with E-state index in [-0.39, 0.29) is 10.1 Å². The maximum Gasteiger partial charge on any atom is 0.192 e. The fourth-order valence-electron chi connectivity index (χ4n) is 2.27. The van der Waals surface area contributed by atoms with Gasteiger partial charge in [-0.25, -0.2) is 0 Å². The summed E-state index contributed by atoms with van der Waals surface area (Å²) >= 11 is 0. The lowest BCUT2D eigenvalue weighted by Crippen LogP contribution is -2.50. The smallest absolute Gasteiger partial charge is 0.192 e. The maximum atomic E-state index is 6.67. The van der Waals surface area contributed by atoms with E-state index in [1.54, 1.807) is 0 Å². The van der Waals surface area contributed by atoms with Crippen molar-refractivity contribution in [3.05, 3.63) is 0 Å². The summed E-state index contributed by atoms with van der Waals surface area (Å²) < 4.78 is 13.3. The first-order valence-corrected chi connectivity index (χ1v) is 14.3. The Morgan fingerprint density at radius 3 is 1.19 bits per heavy atom. The Labute approximate surface area is 135 Å². The Morgan fingerprint density at radius 1 is 0.667 bits per heavy atom. The summed E-state index contributed by atoms with van der Waals surface area (Å²) in [6.45, 7) is 23.3. The van der Waals surface area contributed by atoms with E-state index in [0.29, 0.717) is 12.2 Å². The molecule has 0 spiro atoms. The van der Waals surface area contributed by atoms with E-state index in [4.69, 9.17) is 8.85 Å². The Balaban J connectivity index is 2.78. The summed E-state index contributed by atoms with van der Waals surface area (Å²) in [5.41, 5.74) is 0. The molecule has 1 saturated carbocycles. The lowest BCUT2D eigenvalue weighted by molar-refractivity contribution is 0.0585. The van der Waals surface area contributed by atoms with Gasteiger partial charge in [-0.05, 0) is 55.5 Å². The van der Waals surface area contributed by atoms with Gasteiger partial charge < -0.3 is 8.85 Å². The van der Waals surface area contributed by atoms with Crippen LogP contribution >= 0.6 is 0 Å². The van der Waals surface area contributed by atoms with E-state index in [9.17, 15) is 0 Å². The topological polar surface area (TPSA) is 18.5 Å². The van der Waals surface area contributed by atoms with E-state index in [2.05, 4.69) is 67.7 Å². The summed E-state index contributed by atoms with van der Waals surface area (Å²) in [5, 5.41) is 0.550. The molecule has 0 amide bonds. The first-order chi connectivity index (χ1) is 9.17. The van der Waals surface area contributed by atoms with Gasteiger partial charge in [0.25, 0.3) is 0 Å². The van der Waals surface area contributed by atoms with Gasteiger partial charge in [0.1, 0.15) is 0 Å². The zero-order valence-electron chi connectivity index (χ0n) is 16.1. The van der Waals surface area contributed by atoms with Gasteiger partial charge in [0, 0.05) is 0 Å². The van der Waals surface area contributed by atoms with Gasteiger partial charge in [-0.2, -0.15) is 0 Å². The van der Waals surface area contributed by atoms with Crippen molar-refractivity contribution >= 4 is 16.6 Å². The third-order valence-corrected chi connectivity index (χ3v) is 14.9. The molecule has 0 aliphatic heterocycles. The lowest BCUT2D eigenvalue weighted by Gasteiger charge is -2.43. The van der Waals surface area contributed by atoms with Crippen LogP contribution in [0.5, 0.6) is 0 Å². The summed E-state index contributed by atoms with van der Waals surface area (Å²) in [4.78, 5) is 0. The summed E-state index contributed by atoms with van der Waals surface area (Å²) in [6.07, 6.45) is 4.23. The van der Waals surface area contributed by atoms with E-state index in [1.165, 1.54) is 19.3 Å². The average Bonchev–Trinajstić information content (AvgIpc) is 2.60. The fourth-order valence-corrected chi connectivity index (χ4v) is 5.03. The van der Waals surface area contributed by atoms with Crippen molar-refractivity contribution in [3.63, 3.8) is 0 Å². The molecular weight excluding hydrogens is 292 g/mol. The molecule has 0 heterocycles. The van der Waals surface area contributed by atoms with Crippen molar-refractivity contribution in [1.29, 1.82) is 0 Å². The van der Waals surface area contributed by atoms with Crippen LogP contribution in [0, 0.1) is 0 Å². The van der Waals surface area contributed by atoms with Crippen LogP contribution in [0.4, 0.5) is 0 Å². The molecule has 1 rings (SSSR count). The first kappa shape index (κ1) is 19.4. The second-order valence-corrected chi connectivity index (χ2v) is 19.3. The van der Waals surface area contributed by atoms with Crippen LogP contribution in [-0.4, -0.2) is 28.8 Å². The Morgan fingerprint density at radius 2 is 0.952 bits per heavy atom. The Hall–Kier alpha value is 0.354. The molecule has 0 N–H and O–H groups in total. The van der Waals surface area contributed by atoms with Crippen molar-refractivity contribution in [1.82, 2.24) is 0 Å². The van der Waals surface area contributed by atoms with E-state index >= 15 is 0 Å². The maximum absolute atomic E-state index is 6.67. The standard InChI is InChI=1S/C17H38O2Si2/c1-16(2,3)20(7,8)18-14-12-11-13-15(14)19-21(9,10)17(4,5)6/h14-15H,11-13H2,1-10H3. The minimum Gasteiger partial charge on any atom is -0.411 e. The molecule has 2 atom stereocenters. The van der Waals surface area contributed by atoms with Gasteiger partial charge in [-0.1, -0.05) is 41.5 Å². The number of hydrogen-bond donors (Lipinski definition) is 0. The second-order valence-electron chi connectivity index (χ2n) is 9.76. The van der Waals surface area contributed by atoms with E-state index in [0.717, 1.165) is 0 Å². The van der Waals surface area contributed by atoms with Gasteiger partial charge in [-0.15, -0.1) is 0 Å². The third kappa shape index (κ3) is 4.66. The van der Waals surface area contributed by atoms with Crippen LogP contribution in [-0.2, 0) is 8.85 Å². The predicted molar refractivity (Wildman–Crippen MR) is 98.0 cm³/mol. The molecule has 1 aliphatic rings. The summed E-state index contributed by atoms with van der Waals surface area (Å²) in [5.74, 6) is 0. The summed E-state index contributed by atoms with van der Waals surface area (Å²) in [6, 6.07) is 0. The van der Waals surface area contributed by atoms with Crippen LogP contribution < -0.4 is 0 Å². The van der Waals surface area contributed by atoms with Crippen molar-refractivity contribution in [2.45, 2.75) is 109 Å². The lowest BCUT2D eigenvalue weighted by atomic mass is 10.2. The van der Waals surface area contributed by atoms with Gasteiger partial charge in [0.05, 0.1) is 12.2 Å². The minimum absolute atomic E-state index is 0.275. The van der Waals surface area contributed by atoms with Crippen LogP contribution in [0.3, 0.4) is 0 Å². The monoisotopic (exact) mass is 330 g/mol. The van der Waals surface area contributed by atoms with Gasteiger partial charge in [-0.3, -0.25) is 0 Å². The molecule has 1 fully saturated rings. The van der Waals surface area contributed by atoms with Gasteiger partial charge >= 0.3 is 0 Å². The molecule has 4 heteroatoms. The molecule has 126 valence electrons. The SMILES string of the molecule is CC(C)(C)[Si](C)(C)OC1CCCC1O[Si](C)(C)C(C)(C)C. The van der Waals surface area contributed by atoms with Crippen molar-refractivity contribution in [2.24, 2.45) is 0 Å². The third-order valence-electron chi connectivity index (χ3n) is 5.90. The molecule has 0 aromatic rings. The number of hydrogen-bond acceptors (Lipinski definition) is 2. The molecule has 2 unspecified atom stereocenters. The van der Waals surface area contributed by atoms with Crippen molar-refractivity contribution < 1.29 is 8.85 Å². The second kappa shape index (κ2) is 6.10. The molecule has 2 nitrogen and oxygen atoms in total. The molecular formula is C17H38O2Si2. The predicted octanol–water partition coefficient (Wildman–Crippen LogP) is 5.95. The van der Waals surface area contributed by atoms with Crippen LogP contribution in [0.2, 0.25) is 36.3 Å². The molecule has 0 aromatic carbocycles. The van der Waals surface area contributed by atoms with E-state index < -0.39 is 16.6 Å². The zero-order valence-corrected chi connectivity index (χ0v) is 18.1. The quantitative estimate of drug-likeness (QED) is 0.593. The molecule has 21 heavy (non-hydrogen) atoms. The first-order valence-electron chi connectivity index (χ1n) is 8.53. The molecule has 0 radical (unpaired) electrons. The molecule has 0 bridgehead atoms. The largest absolute Gasteiger partial charge is 0.411 e. The fraction of sp³-hybridized carbons (Fsp3) is 1.00. The molecule has 0 aromatic heterocycles. The number of rotatable bonds is 4. The highest BCUT2D eigenvalue weighted by atomic mass is 28.4. The van der Waals surface area contributed by atoms with Crippen molar-refractivity contribution in [2.75, 3.05) is 0 Å². The highest BCUT2D eigenvalue weighted by Gasteiger charge is 2.45. The van der Waals surface area contributed by atoms with Crippen LogP contribution in [0.25, 0.3) is 0 Å². The van der Waals surface area contributed by atoms with E-state index in [1.807, 2.05) is 0 Å². The normalized spacial score (nSPS) is 25.4. The average molecular weight is 331 g/mol. The van der Waals surface area contributed by atoms with Crippen LogP contribution in [0.15, 0.2) is 0 Å².